The Labute approximate surface area is 175 Å². The van der Waals surface area contributed by atoms with Gasteiger partial charge in [0.05, 0.1) is 13.2 Å². The van der Waals surface area contributed by atoms with Crippen molar-refractivity contribution in [3.63, 3.8) is 0 Å². The third-order valence-corrected chi connectivity index (χ3v) is 23.4. The highest BCUT2D eigenvalue weighted by molar-refractivity contribution is 6.88. The molecule has 1 atom stereocenters. The zero-order chi connectivity index (χ0) is 21.2. The van der Waals surface area contributed by atoms with Gasteiger partial charge in [0.2, 0.25) is 0 Å². The van der Waals surface area contributed by atoms with E-state index in [1.807, 2.05) is 6.55 Å². The molecule has 0 saturated heterocycles. The van der Waals surface area contributed by atoms with Crippen molar-refractivity contribution < 1.29 is 30.4 Å². The molecule has 0 aliphatic heterocycles. The summed E-state index contributed by atoms with van der Waals surface area (Å²) >= 11 is 0. The van der Waals surface area contributed by atoms with Crippen LogP contribution in [0, 0.1) is 0 Å². The van der Waals surface area contributed by atoms with Crippen molar-refractivity contribution in [2.24, 2.45) is 0 Å². The number of hydrogen-bond donors (Lipinski definition) is 1. The molecule has 0 aromatic heterocycles. The summed E-state index contributed by atoms with van der Waals surface area (Å²) in [6.07, 6.45) is 0.933. The quantitative estimate of drug-likeness (QED) is 0.261. The average Bonchev–Trinajstić information content (AvgIpc) is 2.43. The van der Waals surface area contributed by atoms with Crippen molar-refractivity contribution in [2.75, 3.05) is 19.8 Å². The molecular weight excluding hydrogens is 449 g/mol. The molecule has 0 unspecified atom stereocenters. The van der Waals surface area contributed by atoms with Gasteiger partial charge >= 0.3 is 25.9 Å². The smallest absolute Gasteiger partial charge is 0.442 e. The lowest BCUT2D eigenvalue weighted by Crippen LogP contribution is -2.60. The predicted octanol–water partition coefficient (Wildman–Crippen LogP) is 1.91. The van der Waals surface area contributed by atoms with Crippen LogP contribution in [0.15, 0.2) is 0 Å². The summed E-state index contributed by atoms with van der Waals surface area (Å²) in [4.78, 5) is 0. The Morgan fingerprint density at radius 3 is 1.81 bits per heavy atom. The molecule has 13 heteroatoms. The molecular formula is C14H42O7Si6. The second kappa shape index (κ2) is 12.7. The molecule has 0 aromatic rings. The maximum absolute atomic E-state index is 8.77. The van der Waals surface area contributed by atoms with Crippen LogP contribution in [0.1, 0.15) is 6.42 Å². The molecule has 0 spiro atoms. The van der Waals surface area contributed by atoms with E-state index in [0.29, 0.717) is 13.2 Å². The van der Waals surface area contributed by atoms with E-state index in [0.717, 1.165) is 12.5 Å². The molecule has 0 amide bonds. The van der Waals surface area contributed by atoms with E-state index >= 15 is 0 Å². The summed E-state index contributed by atoms with van der Waals surface area (Å²) in [6, 6.07) is 0.992. The van der Waals surface area contributed by atoms with Crippen molar-refractivity contribution in [1.82, 2.24) is 0 Å². The lowest BCUT2D eigenvalue weighted by molar-refractivity contribution is 0.0923. The van der Waals surface area contributed by atoms with Crippen LogP contribution in [0.5, 0.6) is 0 Å². The van der Waals surface area contributed by atoms with Gasteiger partial charge in [0.15, 0.2) is 8.32 Å². The first-order valence-electron chi connectivity index (χ1n) is 9.87. The Balaban J connectivity index is 4.88. The Morgan fingerprint density at radius 1 is 0.741 bits per heavy atom. The van der Waals surface area contributed by atoms with Gasteiger partial charge in [-0.1, -0.05) is 13.1 Å². The molecule has 0 fully saturated rings. The average molecular weight is 491 g/mol. The highest BCUT2D eigenvalue weighted by atomic mass is 28.5. The summed E-state index contributed by atoms with van der Waals surface area (Å²) < 4.78 is 36.9. The summed E-state index contributed by atoms with van der Waals surface area (Å²) in [5.41, 5.74) is 0. The minimum atomic E-state index is -2.78. The van der Waals surface area contributed by atoms with Gasteiger partial charge in [-0.05, 0) is 51.7 Å². The summed E-state index contributed by atoms with van der Waals surface area (Å²) in [5.74, 6) is 0. The number of aliphatic hydroxyl groups is 1. The first-order chi connectivity index (χ1) is 12.3. The van der Waals surface area contributed by atoms with Gasteiger partial charge in [-0.15, -0.1) is 0 Å². The number of ether oxygens (including phenoxy) is 1. The molecule has 0 bridgehead atoms. The van der Waals surface area contributed by atoms with Crippen LogP contribution < -0.4 is 0 Å². The number of rotatable bonds is 16. The fourth-order valence-corrected chi connectivity index (χ4v) is 25.2. The van der Waals surface area contributed by atoms with E-state index in [1.54, 1.807) is 0 Å². The van der Waals surface area contributed by atoms with Crippen LogP contribution >= 0.6 is 0 Å². The van der Waals surface area contributed by atoms with Crippen molar-refractivity contribution >= 4 is 53.8 Å². The van der Waals surface area contributed by atoms with E-state index in [1.165, 1.54) is 0 Å². The van der Waals surface area contributed by atoms with Crippen molar-refractivity contribution in [1.29, 1.82) is 0 Å². The molecule has 1 N–H and O–H groups in total. The topological polar surface area (TPSA) is 75.6 Å². The van der Waals surface area contributed by atoms with Crippen LogP contribution in [0.3, 0.4) is 0 Å². The third kappa shape index (κ3) is 13.8. The van der Waals surface area contributed by atoms with Gasteiger partial charge in [0.25, 0.3) is 0 Å². The van der Waals surface area contributed by atoms with Crippen LogP contribution in [0.25, 0.3) is 0 Å². The third-order valence-electron chi connectivity index (χ3n) is 3.59. The predicted molar refractivity (Wildman–Crippen MR) is 126 cm³/mol. The largest absolute Gasteiger partial charge is 0.468 e. The first-order valence-corrected chi connectivity index (χ1v) is 24.8. The van der Waals surface area contributed by atoms with E-state index in [-0.39, 0.29) is 6.61 Å². The molecule has 0 aliphatic rings. The highest BCUT2D eigenvalue weighted by Crippen LogP contribution is 2.26. The van der Waals surface area contributed by atoms with E-state index < -0.39 is 53.8 Å². The Bertz CT molecular complexity index is 413. The second-order valence-electron chi connectivity index (χ2n) is 8.03. The van der Waals surface area contributed by atoms with Crippen molar-refractivity contribution in [3.8, 4) is 0 Å². The van der Waals surface area contributed by atoms with Crippen LogP contribution in [-0.2, 0) is 25.3 Å². The van der Waals surface area contributed by atoms with Gasteiger partial charge < -0.3 is 30.4 Å². The minimum Gasteiger partial charge on any atom is -0.442 e. The van der Waals surface area contributed by atoms with E-state index in [4.69, 9.17) is 30.4 Å². The van der Waals surface area contributed by atoms with Gasteiger partial charge in [-0.2, -0.15) is 0 Å². The molecule has 0 saturated carbocycles. The molecule has 0 heterocycles. The monoisotopic (exact) mass is 490 g/mol. The normalized spacial score (nSPS) is 16.7. The molecule has 0 rings (SSSR count). The molecule has 164 valence electrons. The molecule has 27 heavy (non-hydrogen) atoms. The minimum absolute atomic E-state index is 0.0684. The van der Waals surface area contributed by atoms with Crippen LogP contribution in [0.4, 0.5) is 0 Å². The Kier molecular flexibility index (Phi) is 13.1. The molecule has 0 aromatic carbocycles. The standard InChI is InChI=1S/C14H42O7Si6/c1-22-17-25(5,6)20-27(9,18-23-2)21-26(7,8)19-24(3,4)14-10-12-16-13-11-15/h15H,10-14,22-23H2,1-9H3/t27-/m1/s1. The second-order valence-corrected chi connectivity index (χ2v) is 25.3. The van der Waals surface area contributed by atoms with E-state index in [2.05, 4.69) is 52.4 Å². The lowest BCUT2D eigenvalue weighted by atomic mass is 10.5. The summed E-state index contributed by atoms with van der Waals surface area (Å²) in [7, 11) is -10.5. The fourth-order valence-electron chi connectivity index (χ4n) is 3.12. The maximum atomic E-state index is 8.77. The zero-order valence-corrected chi connectivity index (χ0v) is 25.7. The van der Waals surface area contributed by atoms with Gasteiger partial charge in [0, 0.05) is 13.2 Å². The Hall–Kier alpha value is 1.02. The summed E-state index contributed by atoms with van der Waals surface area (Å²) in [5, 5.41) is 8.77. The lowest BCUT2D eigenvalue weighted by Gasteiger charge is -2.41. The van der Waals surface area contributed by atoms with Crippen molar-refractivity contribution in [2.45, 2.75) is 71.4 Å². The van der Waals surface area contributed by atoms with E-state index in [9.17, 15) is 0 Å². The molecule has 0 aliphatic carbocycles. The first kappa shape index (κ1) is 28.0. The SMILES string of the molecule is C[SiH2]O[Si](C)(C)O[Si@@](C)(O[SiH2]C)O[Si](C)(C)O[Si](C)(C)CCCOCCO. The van der Waals surface area contributed by atoms with Crippen molar-refractivity contribution in [3.05, 3.63) is 0 Å². The Morgan fingerprint density at radius 2 is 1.30 bits per heavy atom. The van der Waals surface area contributed by atoms with Gasteiger partial charge in [0.1, 0.15) is 19.5 Å². The summed E-state index contributed by atoms with van der Waals surface area (Å²) in [6.45, 7) is 20.1. The van der Waals surface area contributed by atoms with Crippen LogP contribution in [-0.4, -0.2) is 78.7 Å². The highest BCUT2D eigenvalue weighted by Gasteiger charge is 2.48. The zero-order valence-electron chi connectivity index (χ0n) is 18.8. The van der Waals surface area contributed by atoms with Gasteiger partial charge in [-0.3, -0.25) is 0 Å². The maximum Gasteiger partial charge on any atom is 0.468 e. The molecule has 0 radical (unpaired) electrons. The van der Waals surface area contributed by atoms with Gasteiger partial charge in [-0.25, -0.2) is 0 Å². The van der Waals surface area contributed by atoms with Crippen LogP contribution in [0.2, 0.25) is 65.0 Å². The fraction of sp³-hybridized carbons (Fsp3) is 1.00. The number of hydrogen-bond acceptors (Lipinski definition) is 7. The number of aliphatic hydroxyl groups excluding tert-OH is 1. The molecule has 7 nitrogen and oxygen atoms in total.